The lowest BCUT2D eigenvalue weighted by Crippen LogP contribution is -2.28. The highest BCUT2D eigenvalue weighted by atomic mass is 127. The zero-order chi connectivity index (χ0) is 10.1. The summed E-state index contributed by atoms with van der Waals surface area (Å²) in [5.41, 5.74) is 0. The smallest absolute Gasteiger partial charge is 0.0982 e. The lowest BCUT2D eigenvalue weighted by molar-refractivity contribution is 0.516. The zero-order valence-electron chi connectivity index (χ0n) is 8.46. The van der Waals surface area contributed by atoms with E-state index in [2.05, 4.69) is 46.7 Å². The molecule has 2 nitrogen and oxygen atoms in total. The Kier molecular flexibility index (Phi) is 3.44. The first-order valence-corrected chi connectivity index (χ1v) is 6.97. The Bertz CT molecular complexity index is 313. The van der Waals surface area contributed by atoms with E-state index >= 15 is 0 Å². The lowest BCUT2D eigenvalue weighted by atomic mass is 9.98. The monoisotopic (exact) mass is 322 g/mol. The molecule has 0 aromatic carbocycles. The largest absolute Gasteiger partial charge is 0.311 e. The summed E-state index contributed by atoms with van der Waals surface area (Å²) in [6.07, 6.45) is 4.42. The molecule has 4 heteroatoms. The van der Waals surface area contributed by atoms with Crippen molar-refractivity contribution in [3.05, 3.63) is 14.1 Å². The van der Waals surface area contributed by atoms with E-state index in [0.717, 1.165) is 0 Å². The summed E-state index contributed by atoms with van der Waals surface area (Å²) in [5.74, 6) is 0.642. The first kappa shape index (κ1) is 10.8. The molecule has 0 radical (unpaired) electrons. The maximum Gasteiger partial charge on any atom is 0.0982 e. The summed E-state index contributed by atoms with van der Waals surface area (Å²) in [5, 5.41) is 4.94. The highest BCUT2D eigenvalue weighted by molar-refractivity contribution is 14.1. The summed E-state index contributed by atoms with van der Waals surface area (Å²) in [7, 11) is 0. The van der Waals surface area contributed by atoms with Crippen molar-refractivity contribution in [1.29, 1.82) is 0 Å². The molecule has 0 aliphatic carbocycles. The van der Waals surface area contributed by atoms with E-state index in [4.69, 9.17) is 0 Å². The van der Waals surface area contributed by atoms with E-state index in [1.807, 2.05) is 17.5 Å². The van der Waals surface area contributed by atoms with Crippen molar-refractivity contribution in [2.24, 2.45) is 0 Å². The van der Waals surface area contributed by atoms with Crippen molar-refractivity contribution >= 4 is 33.9 Å². The van der Waals surface area contributed by atoms with E-state index in [-0.39, 0.29) is 0 Å². The van der Waals surface area contributed by atoms with Crippen LogP contribution in [0.2, 0.25) is 0 Å². The van der Waals surface area contributed by atoms with Crippen LogP contribution in [0.1, 0.15) is 37.6 Å². The summed E-state index contributed by atoms with van der Waals surface area (Å²) < 4.78 is 1.30. The molecule has 1 aromatic rings. The molecule has 14 heavy (non-hydrogen) atoms. The molecule has 0 spiro atoms. The minimum Gasteiger partial charge on any atom is -0.311 e. The zero-order valence-corrected chi connectivity index (χ0v) is 11.4. The van der Waals surface area contributed by atoms with Gasteiger partial charge in [-0.2, -0.15) is 0 Å². The van der Waals surface area contributed by atoms with E-state index in [0.29, 0.717) is 18.0 Å². The molecule has 0 saturated carbocycles. The Morgan fingerprint density at radius 3 is 3.07 bits per heavy atom. The molecule has 2 heterocycles. The summed E-state index contributed by atoms with van der Waals surface area (Å²) >= 11 is 4.19. The number of hydrogen-bond acceptors (Lipinski definition) is 3. The standard InChI is InChI=1S/C10H15IN2S/c1-3-8-7(4-6(2)13-8)10-12-5-9(11)14-10/h5-8,13H,3-4H2,1-2H3. The van der Waals surface area contributed by atoms with Gasteiger partial charge in [0, 0.05) is 18.0 Å². The van der Waals surface area contributed by atoms with Gasteiger partial charge in [0.1, 0.15) is 0 Å². The maximum absolute atomic E-state index is 4.50. The topological polar surface area (TPSA) is 24.9 Å². The van der Waals surface area contributed by atoms with Crippen molar-refractivity contribution in [3.8, 4) is 0 Å². The van der Waals surface area contributed by atoms with Crippen LogP contribution in [0.15, 0.2) is 6.20 Å². The average molecular weight is 322 g/mol. The lowest BCUT2D eigenvalue weighted by Gasteiger charge is -2.14. The molecule has 0 amide bonds. The van der Waals surface area contributed by atoms with E-state index in [9.17, 15) is 0 Å². The van der Waals surface area contributed by atoms with Crippen LogP contribution in [0.25, 0.3) is 0 Å². The van der Waals surface area contributed by atoms with Gasteiger partial charge in [0.15, 0.2) is 0 Å². The third-order valence-corrected chi connectivity index (χ3v) is 4.70. The Labute approximate surface area is 103 Å². The van der Waals surface area contributed by atoms with E-state index < -0.39 is 0 Å². The van der Waals surface area contributed by atoms with Crippen LogP contribution < -0.4 is 5.32 Å². The van der Waals surface area contributed by atoms with Crippen molar-refractivity contribution in [2.75, 3.05) is 0 Å². The number of hydrogen-bond donors (Lipinski definition) is 1. The molecule has 1 fully saturated rings. The van der Waals surface area contributed by atoms with Crippen LogP contribution in [-0.2, 0) is 0 Å². The normalized spacial score (nSPS) is 32.4. The molecule has 3 atom stereocenters. The molecular formula is C10H15IN2S. The average Bonchev–Trinajstić information content (AvgIpc) is 2.71. The van der Waals surface area contributed by atoms with Crippen molar-refractivity contribution in [2.45, 2.75) is 44.7 Å². The minimum atomic E-state index is 0.631. The van der Waals surface area contributed by atoms with Gasteiger partial charge in [-0.1, -0.05) is 6.92 Å². The summed E-state index contributed by atoms with van der Waals surface area (Å²) in [6.45, 7) is 4.52. The van der Waals surface area contributed by atoms with Crippen LogP contribution in [0.3, 0.4) is 0 Å². The fourth-order valence-electron chi connectivity index (χ4n) is 2.21. The van der Waals surface area contributed by atoms with Crippen LogP contribution in [-0.4, -0.2) is 17.1 Å². The van der Waals surface area contributed by atoms with Crippen molar-refractivity contribution in [3.63, 3.8) is 0 Å². The van der Waals surface area contributed by atoms with Gasteiger partial charge in [0.25, 0.3) is 0 Å². The molecule has 1 aromatic heterocycles. The molecule has 78 valence electrons. The fraction of sp³-hybridized carbons (Fsp3) is 0.700. The molecule has 1 aliphatic heterocycles. The summed E-state index contributed by atoms with van der Waals surface area (Å²) in [6, 6.07) is 1.28. The molecule has 0 bridgehead atoms. The molecule has 1 N–H and O–H groups in total. The Morgan fingerprint density at radius 2 is 2.50 bits per heavy atom. The van der Waals surface area contributed by atoms with E-state index in [1.165, 1.54) is 20.7 Å². The van der Waals surface area contributed by atoms with Gasteiger partial charge in [-0.3, -0.25) is 0 Å². The minimum absolute atomic E-state index is 0.631. The third-order valence-electron chi connectivity index (χ3n) is 2.84. The second kappa shape index (κ2) is 4.45. The Morgan fingerprint density at radius 1 is 1.71 bits per heavy atom. The van der Waals surface area contributed by atoms with E-state index in [1.54, 1.807) is 0 Å². The first-order valence-electron chi connectivity index (χ1n) is 5.08. The summed E-state index contributed by atoms with van der Waals surface area (Å²) in [4.78, 5) is 4.50. The van der Waals surface area contributed by atoms with Crippen LogP contribution >= 0.6 is 33.9 Å². The third kappa shape index (κ3) is 2.12. The van der Waals surface area contributed by atoms with Gasteiger partial charge >= 0.3 is 0 Å². The van der Waals surface area contributed by atoms with Gasteiger partial charge in [-0.25, -0.2) is 4.98 Å². The Balaban J connectivity index is 2.17. The first-order chi connectivity index (χ1) is 6.70. The SMILES string of the molecule is CCC1NC(C)CC1c1ncc(I)s1. The van der Waals surface area contributed by atoms with Gasteiger partial charge in [0.2, 0.25) is 0 Å². The maximum atomic E-state index is 4.50. The van der Waals surface area contributed by atoms with Gasteiger partial charge in [-0.15, -0.1) is 11.3 Å². The fourth-order valence-corrected chi connectivity index (χ4v) is 3.85. The number of halogens is 1. The van der Waals surface area contributed by atoms with Crippen molar-refractivity contribution < 1.29 is 0 Å². The number of nitrogens with one attached hydrogen (secondary N) is 1. The molecule has 3 unspecified atom stereocenters. The highest BCUT2D eigenvalue weighted by Gasteiger charge is 2.32. The molecule has 2 rings (SSSR count). The molecule has 1 saturated heterocycles. The van der Waals surface area contributed by atoms with Gasteiger partial charge < -0.3 is 5.32 Å². The number of aromatic nitrogens is 1. The Hall–Kier alpha value is 0.320. The van der Waals surface area contributed by atoms with Crippen molar-refractivity contribution in [1.82, 2.24) is 10.3 Å². The quantitative estimate of drug-likeness (QED) is 0.847. The predicted molar refractivity (Wildman–Crippen MR) is 68.9 cm³/mol. The second-order valence-electron chi connectivity index (χ2n) is 3.93. The number of thiazole rings is 1. The van der Waals surface area contributed by atoms with Crippen LogP contribution in [0.4, 0.5) is 0 Å². The predicted octanol–water partition coefficient (Wildman–Crippen LogP) is 2.99. The number of rotatable bonds is 2. The molecular weight excluding hydrogens is 307 g/mol. The number of nitrogens with zero attached hydrogens (tertiary/aromatic N) is 1. The van der Waals surface area contributed by atoms with Gasteiger partial charge in [-0.05, 0) is 42.4 Å². The van der Waals surface area contributed by atoms with Gasteiger partial charge in [0.05, 0.1) is 14.1 Å². The van der Waals surface area contributed by atoms with Crippen LogP contribution in [0, 0.1) is 2.88 Å². The molecule has 1 aliphatic rings. The second-order valence-corrected chi connectivity index (χ2v) is 6.88. The van der Waals surface area contributed by atoms with Crippen LogP contribution in [0.5, 0.6) is 0 Å². The highest BCUT2D eigenvalue weighted by Crippen LogP contribution is 2.34.